The molecule has 0 fully saturated rings. The summed E-state index contributed by atoms with van der Waals surface area (Å²) in [4.78, 5) is 40.6. The molecular formula is C22H24F3N3O4. The van der Waals surface area contributed by atoms with Crippen LogP contribution in [0.15, 0.2) is 35.1 Å². The number of halogens is 3. The lowest BCUT2D eigenvalue weighted by molar-refractivity contribution is -0.141. The maximum atomic E-state index is 12.8. The number of carbonyl (C=O) groups excluding carboxylic acids is 2. The van der Waals surface area contributed by atoms with E-state index in [1.54, 1.807) is 37.9 Å². The van der Waals surface area contributed by atoms with E-state index in [1.807, 2.05) is 13.0 Å². The van der Waals surface area contributed by atoms with E-state index in [2.05, 4.69) is 5.32 Å². The second-order valence-electron chi connectivity index (χ2n) is 8.62. The number of ether oxygens (including phenoxy) is 1. The number of benzene rings is 1. The highest BCUT2D eigenvalue weighted by molar-refractivity contribution is 5.95. The van der Waals surface area contributed by atoms with Gasteiger partial charge < -0.3 is 15.0 Å². The molecule has 1 aliphatic heterocycles. The monoisotopic (exact) mass is 451 g/mol. The van der Waals surface area contributed by atoms with Gasteiger partial charge in [0.1, 0.15) is 16.9 Å². The highest BCUT2D eigenvalue weighted by Crippen LogP contribution is 2.35. The first-order valence-corrected chi connectivity index (χ1v) is 9.99. The molecule has 1 unspecified atom stereocenters. The molecule has 2 heterocycles. The Labute approximate surface area is 182 Å². The van der Waals surface area contributed by atoms with Crippen LogP contribution < -0.4 is 15.8 Å². The van der Waals surface area contributed by atoms with E-state index in [-0.39, 0.29) is 6.54 Å². The summed E-state index contributed by atoms with van der Waals surface area (Å²) in [7, 11) is 0. The van der Waals surface area contributed by atoms with E-state index >= 15 is 0 Å². The van der Waals surface area contributed by atoms with Crippen LogP contribution in [0.1, 0.15) is 60.4 Å². The molecule has 0 saturated carbocycles. The van der Waals surface area contributed by atoms with Gasteiger partial charge in [0.05, 0.1) is 11.7 Å². The van der Waals surface area contributed by atoms with Crippen LogP contribution in [0, 0.1) is 6.92 Å². The number of hydrogen-bond donors (Lipinski definition) is 2. The van der Waals surface area contributed by atoms with Crippen LogP contribution in [0.25, 0.3) is 0 Å². The molecule has 1 atom stereocenters. The molecule has 0 spiro atoms. The van der Waals surface area contributed by atoms with Crippen molar-refractivity contribution >= 4 is 17.7 Å². The van der Waals surface area contributed by atoms with Crippen LogP contribution >= 0.6 is 0 Å². The van der Waals surface area contributed by atoms with Crippen molar-refractivity contribution in [2.45, 2.75) is 51.9 Å². The molecule has 0 bridgehead atoms. The van der Waals surface area contributed by atoms with Crippen molar-refractivity contribution in [2.75, 3.05) is 11.4 Å². The van der Waals surface area contributed by atoms with E-state index in [9.17, 15) is 27.6 Å². The molecule has 32 heavy (non-hydrogen) atoms. The Morgan fingerprint density at radius 2 is 1.84 bits per heavy atom. The van der Waals surface area contributed by atoms with Gasteiger partial charge in [0, 0.05) is 6.54 Å². The van der Waals surface area contributed by atoms with Crippen molar-refractivity contribution in [2.24, 2.45) is 0 Å². The van der Waals surface area contributed by atoms with Crippen molar-refractivity contribution in [1.29, 1.82) is 0 Å². The lowest BCUT2D eigenvalue weighted by atomic mass is 9.95. The fraction of sp³-hybridized carbons (Fsp3) is 0.409. The summed E-state index contributed by atoms with van der Waals surface area (Å²) in [5.74, 6) is -0.804. The van der Waals surface area contributed by atoms with Gasteiger partial charge in [-0.1, -0.05) is 12.1 Å². The van der Waals surface area contributed by atoms with Gasteiger partial charge in [-0.15, -0.1) is 0 Å². The first kappa shape index (κ1) is 23.4. The Morgan fingerprint density at radius 1 is 1.16 bits per heavy atom. The molecule has 172 valence electrons. The SMILES string of the molecule is Cc1ccc2c(c1)N(C(=O)OC(C)(C)C)CCC2NC(=O)c1ccc(C(F)(F)F)[nH]c1=O. The van der Waals surface area contributed by atoms with Crippen molar-refractivity contribution in [1.82, 2.24) is 10.3 Å². The fourth-order valence-electron chi connectivity index (χ4n) is 3.43. The van der Waals surface area contributed by atoms with Crippen molar-refractivity contribution in [3.8, 4) is 0 Å². The molecule has 10 heteroatoms. The smallest absolute Gasteiger partial charge is 0.431 e. The highest BCUT2D eigenvalue weighted by atomic mass is 19.4. The normalized spacial score (nSPS) is 16.3. The molecule has 0 aliphatic carbocycles. The number of hydrogen-bond acceptors (Lipinski definition) is 4. The second kappa shape index (κ2) is 8.33. The minimum atomic E-state index is -4.72. The van der Waals surface area contributed by atoms with Gasteiger partial charge in [0.2, 0.25) is 0 Å². The summed E-state index contributed by atoms with van der Waals surface area (Å²) in [5.41, 5.74) is -1.38. The van der Waals surface area contributed by atoms with E-state index in [0.29, 0.717) is 23.7 Å². The summed E-state index contributed by atoms with van der Waals surface area (Å²) in [6, 6.07) is 6.34. The zero-order valence-electron chi connectivity index (χ0n) is 18.1. The van der Waals surface area contributed by atoms with E-state index < -0.39 is 46.6 Å². The number of aryl methyl sites for hydroxylation is 1. The zero-order valence-corrected chi connectivity index (χ0v) is 18.1. The van der Waals surface area contributed by atoms with Crippen LogP contribution in [0.4, 0.5) is 23.7 Å². The predicted octanol–water partition coefficient (Wildman–Crippen LogP) is 4.32. The van der Waals surface area contributed by atoms with Gasteiger partial charge in [-0.3, -0.25) is 14.5 Å². The Morgan fingerprint density at radius 3 is 2.44 bits per heavy atom. The van der Waals surface area contributed by atoms with Crippen molar-refractivity contribution in [3.63, 3.8) is 0 Å². The van der Waals surface area contributed by atoms with Crippen LogP contribution in [0.3, 0.4) is 0 Å². The molecule has 1 aromatic carbocycles. The van der Waals surface area contributed by atoms with Crippen LogP contribution in [0.5, 0.6) is 0 Å². The van der Waals surface area contributed by atoms with Crippen LogP contribution in [-0.4, -0.2) is 29.1 Å². The topological polar surface area (TPSA) is 91.5 Å². The zero-order chi connectivity index (χ0) is 23.8. The molecule has 2 aromatic rings. The summed E-state index contributed by atoms with van der Waals surface area (Å²) in [6.07, 6.45) is -4.91. The average molecular weight is 451 g/mol. The minimum Gasteiger partial charge on any atom is -0.443 e. The molecule has 0 saturated heterocycles. The number of nitrogens with one attached hydrogen (secondary N) is 2. The number of rotatable bonds is 2. The first-order chi connectivity index (χ1) is 14.8. The summed E-state index contributed by atoms with van der Waals surface area (Å²) in [5, 5.41) is 2.70. The second-order valence-corrected chi connectivity index (χ2v) is 8.62. The third kappa shape index (κ3) is 5.12. The number of H-pyrrole nitrogens is 1. The number of carbonyl (C=O) groups is 2. The number of nitrogens with zero attached hydrogens (tertiary/aromatic N) is 1. The fourth-order valence-corrected chi connectivity index (χ4v) is 3.43. The van der Waals surface area contributed by atoms with Gasteiger partial charge in [0.15, 0.2) is 0 Å². The quantitative estimate of drug-likeness (QED) is 0.712. The van der Waals surface area contributed by atoms with Gasteiger partial charge in [-0.25, -0.2) is 4.79 Å². The maximum Gasteiger partial charge on any atom is 0.431 e. The molecule has 0 radical (unpaired) electrons. The summed E-state index contributed by atoms with van der Waals surface area (Å²) >= 11 is 0. The largest absolute Gasteiger partial charge is 0.443 e. The Balaban J connectivity index is 1.87. The minimum absolute atomic E-state index is 0.250. The molecular weight excluding hydrogens is 427 g/mol. The lowest BCUT2D eigenvalue weighted by Crippen LogP contribution is -2.44. The van der Waals surface area contributed by atoms with E-state index in [0.717, 1.165) is 11.6 Å². The third-order valence-corrected chi connectivity index (χ3v) is 4.87. The number of anilines is 1. The molecule has 1 aromatic heterocycles. The molecule has 2 N–H and O–H groups in total. The Bertz CT molecular complexity index is 1100. The lowest BCUT2D eigenvalue weighted by Gasteiger charge is -2.35. The third-order valence-electron chi connectivity index (χ3n) is 4.87. The Kier molecular flexibility index (Phi) is 6.08. The standard InChI is InChI=1S/C22H24F3N3O4/c1-12-5-6-13-15(9-10-28(16(13)11-12)20(31)32-21(2,3)4)26-18(29)14-7-8-17(22(23,24)25)27-19(14)30/h5-8,11,15H,9-10H2,1-4H3,(H,26,29)(H,27,30). The molecule has 2 amide bonds. The van der Waals surface area contributed by atoms with Gasteiger partial charge in [0.25, 0.3) is 11.5 Å². The number of alkyl halides is 3. The number of pyridine rings is 1. The highest BCUT2D eigenvalue weighted by Gasteiger charge is 2.34. The van der Waals surface area contributed by atoms with E-state index in [1.165, 1.54) is 4.90 Å². The molecule has 3 rings (SSSR count). The van der Waals surface area contributed by atoms with Gasteiger partial charge in [-0.05, 0) is 63.4 Å². The number of aromatic amines is 1. The summed E-state index contributed by atoms with van der Waals surface area (Å²) in [6.45, 7) is 7.39. The first-order valence-electron chi connectivity index (χ1n) is 9.99. The van der Waals surface area contributed by atoms with Crippen molar-refractivity contribution in [3.05, 3.63) is 63.1 Å². The van der Waals surface area contributed by atoms with Gasteiger partial charge in [-0.2, -0.15) is 13.2 Å². The molecule has 7 nitrogen and oxygen atoms in total. The van der Waals surface area contributed by atoms with Crippen LogP contribution in [-0.2, 0) is 10.9 Å². The summed E-state index contributed by atoms with van der Waals surface area (Å²) < 4.78 is 43.8. The number of fused-ring (bicyclic) bond motifs is 1. The number of amides is 2. The average Bonchev–Trinajstić information content (AvgIpc) is 2.65. The maximum absolute atomic E-state index is 12.8. The van der Waals surface area contributed by atoms with Crippen molar-refractivity contribution < 1.29 is 27.5 Å². The molecule has 1 aliphatic rings. The number of aromatic nitrogens is 1. The predicted molar refractivity (Wildman–Crippen MR) is 112 cm³/mol. The van der Waals surface area contributed by atoms with Crippen LogP contribution in [0.2, 0.25) is 0 Å². The van der Waals surface area contributed by atoms with Gasteiger partial charge >= 0.3 is 12.3 Å². The Hall–Kier alpha value is -3.30. The van der Waals surface area contributed by atoms with E-state index in [4.69, 9.17) is 4.74 Å².